The monoisotopic (exact) mass is 362 g/mol. The molecule has 0 aliphatic carbocycles. The summed E-state index contributed by atoms with van der Waals surface area (Å²) < 4.78 is 5.68. The van der Waals surface area contributed by atoms with Crippen molar-refractivity contribution in [1.82, 2.24) is 0 Å². The van der Waals surface area contributed by atoms with E-state index in [9.17, 15) is 0 Å². The first-order valence-electron chi connectivity index (χ1n) is 6.58. The molecule has 0 amide bonds. The molecule has 0 atom stereocenters. The molecule has 0 spiro atoms. The third-order valence-corrected chi connectivity index (χ3v) is 3.79. The van der Waals surface area contributed by atoms with Gasteiger partial charge in [0.25, 0.3) is 0 Å². The molecule has 0 unspecified atom stereocenters. The lowest BCUT2D eigenvalue weighted by Crippen LogP contribution is -2.09. The van der Waals surface area contributed by atoms with Crippen LogP contribution in [0.3, 0.4) is 0 Å². The van der Waals surface area contributed by atoms with Crippen LogP contribution in [0.1, 0.15) is 11.1 Å². The number of ether oxygens (including phenoxy) is 1. The van der Waals surface area contributed by atoms with Gasteiger partial charge in [0.15, 0.2) is 0 Å². The first-order valence-corrected chi connectivity index (χ1v) is 7.74. The summed E-state index contributed by atoms with van der Waals surface area (Å²) in [6.45, 7) is 0.335. The second kappa shape index (κ2) is 7.98. The third kappa shape index (κ3) is 4.97. The zero-order chi connectivity index (χ0) is 16.8. The number of hydrogen-bond donors (Lipinski definition) is 1. The summed E-state index contributed by atoms with van der Waals surface area (Å²) in [5, 5.41) is 10.1. The fraction of sp³-hybridized carbons (Fsp3) is 0.0588. The van der Waals surface area contributed by atoms with E-state index < -0.39 is 0 Å². The number of halogens is 2. The smallest absolute Gasteiger partial charge is 0.119 e. The molecule has 2 aromatic carbocycles. The number of thiocarbonyl (C=S) groups is 1. The first-order chi connectivity index (χ1) is 11.0. The van der Waals surface area contributed by atoms with Gasteiger partial charge in [-0.15, -0.1) is 0 Å². The molecule has 0 aromatic heterocycles. The van der Waals surface area contributed by atoms with Crippen molar-refractivity contribution in [3.63, 3.8) is 0 Å². The zero-order valence-corrected chi connectivity index (χ0v) is 14.3. The average molecular weight is 363 g/mol. The van der Waals surface area contributed by atoms with Crippen molar-refractivity contribution in [3.8, 4) is 11.8 Å². The zero-order valence-electron chi connectivity index (χ0n) is 11.9. The number of hydrogen-bond acceptors (Lipinski definition) is 3. The molecule has 23 heavy (non-hydrogen) atoms. The Balaban J connectivity index is 2.06. The summed E-state index contributed by atoms with van der Waals surface area (Å²) in [6, 6.07) is 14.4. The Morgan fingerprint density at radius 2 is 1.91 bits per heavy atom. The lowest BCUT2D eigenvalue weighted by molar-refractivity contribution is 0.306. The van der Waals surface area contributed by atoms with E-state index in [2.05, 4.69) is 0 Å². The van der Waals surface area contributed by atoms with Crippen molar-refractivity contribution >= 4 is 46.5 Å². The van der Waals surface area contributed by atoms with Gasteiger partial charge in [0.05, 0.1) is 5.57 Å². The second-order valence-electron chi connectivity index (χ2n) is 4.63. The van der Waals surface area contributed by atoms with Gasteiger partial charge in [-0.2, -0.15) is 5.26 Å². The quantitative estimate of drug-likeness (QED) is 0.472. The lowest BCUT2D eigenvalue weighted by Gasteiger charge is -2.08. The van der Waals surface area contributed by atoms with Crippen LogP contribution in [0.5, 0.6) is 5.75 Å². The van der Waals surface area contributed by atoms with E-state index in [1.165, 1.54) is 0 Å². The summed E-state index contributed by atoms with van der Waals surface area (Å²) in [6.07, 6.45) is 1.63. The molecule has 2 aromatic rings. The summed E-state index contributed by atoms with van der Waals surface area (Å²) in [5.41, 5.74) is 7.38. The van der Waals surface area contributed by atoms with E-state index in [1.807, 2.05) is 24.3 Å². The summed E-state index contributed by atoms with van der Waals surface area (Å²) >= 11 is 16.8. The van der Waals surface area contributed by atoms with E-state index in [0.29, 0.717) is 22.4 Å². The minimum Gasteiger partial charge on any atom is -0.489 e. The lowest BCUT2D eigenvalue weighted by atomic mass is 10.1. The number of nitrogens with zero attached hydrogens (tertiary/aromatic N) is 1. The van der Waals surface area contributed by atoms with Crippen LogP contribution in [0.15, 0.2) is 48.0 Å². The standard InChI is InChI=1S/C17H12Cl2N2OS/c18-14-4-3-12(16(19)8-14)10-22-15-5-1-11(2-6-15)7-13(9-20)17(21)23/h1-8H,10H2,(H2,21,23)/b13-7+. The minimum atomic E-state index is 0.0743. The summed E-state index contributed by atoms with van der Waals surface area (Å²) in [5.74, 6) is 0.682. The molecule has 0 aliphatic rings. The van der Waals surface area contributed by atoms with Crippen molar-refractivity contribution in [1.29, 1.82) is 5.26 Å². The van der Waals surface area contributed by atoms with Crippen molar-refractivity contribution in [2.45, 2.75) is 6.61 Å². The van der Waals surface area contributed by atoms with E-state index >= 15 is 0 Å². The Morgan fingerprint density at radius 3 is 2.48 bits per heavy atom. The van der Waals surface area contributed by atoms with Gasteiger partial charge in [0.2, 0.25) is 0 Å². The van der Waals surface area contributed by atoms with E-state index in [4.69, 9.17) is 51.2 Å². The van der Waals surface area contributed by atoms with Crippen molar-refractivity contribution in [2.75, 3.05) is 0 Å². The van der Waals surface area contributed by atoms with E-state index in [-0.39, 0.29) is 10.6 Å². The van der Waals surface area contributed by atoms with Crippen LogP contribution < -0.4 is 10.5 Å². The molecule has 116 valence electrons. The summed E-state index contributed by atoms with van der Waals surface area (Å²) in [7, 11) is 0. The fourth-order valence-corrected chi connectivity index (χ4v) is 2.35. The molecule has 0 bridgehead atoms. The van der Waals surface area contributed by atoms with E-state index in [0.717, 1.165) is 11.1 Å². The molecule has 0 heterocycles. The SMILES string of the molecule is N#C/C(=C\c1ccc(OCc2ccc(Cl)cc2Cl)cc1)C(N)=S. The number of nitriles is 1. The predicted octanol–water partition coefficient (Wildman–Crippen LogP) is 4.77. The molecule has 0 fully saturated rings. The Labute approximate surface area is 149 Å². The van der Waals surface area contributed by atoms with Gasteiger partial charge in [-0.3, -0.25) is 0 Å². The molecular formula is C17H12Cl2N2OS. The minimum absolute atomic E-state index is 0.0743. The Hall–Kier alpha value is -2.06. The maximum Gasteiger partial charge on any atom is 0.119 e. The third-order valence-electron chi connectivity index (χ3n) is 2.99. The van der Waals surface area contributed by atoms with Crippen LogP contribution in [0.4, 0.5) is 0 Å². The van der Waals surface area contributed by atoms with Crippen molar-refractivity contribution in [2.24, 2.45) is 5.73 Å². The highest BCUT2D eigenvalue weighted by Crippen LogP contribution is 2.23. The fourth-order valence-electron chi connectivity index (χ4n) is 1.79. The molecule has 0 radical (unpaired) electrons. The highest BCUT2D eigenvalue weighted by atomic mass is 35.5. The van der Waals surface area contributed by atoms with Crippen LogP contribution in [0.25, 0.3) is 6.08 Å². The predicted molar refractivity (Wildman–Crippen MR) is 97.6 cm³/mol. The number of rotatable bonds is 5. The van der Waals surface area contributed by atoms with Gasteiger partial charge in [0, 0.05) is 15.6 Å². The van der Waals surface area contributed by atoms with Gasteiger partial charge in [0.1, 0.15) is 23.4 Å². The van der Waals surface area contributed by atoms with Crippen LogP contribution in [0.2, 0.25) is 10.0 Å². The number of benzene rings is 2. The average Bonchev–Trinajstić information content (AvgIpc) is 2.52. The van der Waals surface area contributed by atoms with E-state index in [1.54, 1.807) is 30.3 Å². The number of nitrogens with two attached hydrogens (primary N) is 1. The summed E-state index contributed by atoms with van der Waals surface area (Å²) in [4.78, 5) is 0.0743. The molecule has 0 aliphatic heterocycles. The highest BCUT2D eigenvalue weighted by Gasteiger charge is 2.03. The molecule has 3 nitrogen and oxygen atoms in total. The normalized spacial score (nSPS) is 10.9. The Kier molecular flexibility index (Phi) is 6.00. The molecular weight excluding hydrogens is 351 g/mol. The van der Waals surface area contributed by atoms with Gasteiger partial charge >= 0.3 is 0 Å². The first kappa shape index (κ1) is 17.3. The highest BCUT2D eigenvalue weighted by molar-refractivity contribution is 7.80. The van der Waals surface area contributed by atoms with Crippen molar-refractivity contribution in [3.05, 3.63) is 69.2 Å². The van der Waals surface area contributed by atoms with Gasteiger partial charge in [-0.25, -0.2) is 0 Å². The van der Waals surface area contributed by atoms with Crippen LogP contribution in [-0.2, 0) is 6.61 Å². The molecule has 6 heteroatoms. The Bertz CT molecular complexity index is 795. The molecule has 2 N–H and O–H groups in total. The molecule has 0 saturated carbocycles. The van der Waals surface area contributed by atoms with Crippen LogP contribution in [0, 0.1) is 11.3 Å². The van der Waals surface area contributed by atoms with Gasteiger partial charge < -0.3 is 10.5 Å². The molecule has 2 rings (SSSR count). The second-order valence-corrected chi connectivity index (χ2v) is 5.91. The van der Waals surface area contributed by atoms with Crippen LogP contribution in [-0.4, -0.2) is 4.99 Å². The topological polar surface area (TPSA) is 59.0 Å². The maximum atomic E-state index is 8.94. The largest absolute Gasteiger partial charge is 0.489 e. The van der Waals surface area contributed by atoms with Crippen LogP contribution >= 0.6 is 35.4 Å². The maximum absolute atomic E-state index is 8.94. The van der Waals surface area contributed by atoms with Gasteiger partial charge in [-0.1, -0.05) is 53.6 Å². The molecule has 0 saturated heterocycles. The van der Waals surface area contributed by atoms with Crippen molar-refractivity contribution < 1.29 is 4.74 Å². The Morgan fingerprint density at radius 1 is 1.22 bits per heavy atom. The van der Waals surface area contributed by atoms with Gasteiger partial charge in [-0.05, 0) is 35.9 Å².